The molecule has 2 atom stereocenters. The fourth-order valence-electron chi connectivity index (χ4n) is 2.90. The van der Waals surface area contributed by atoms with Gasteiger partial charge in [0.05, 0.1) is 13.7 Å². The SMILES string of the molecule is COc1ccc(CC(C)C(=O)NCC(C)(O)c2cc(C)oc2C)cc1. The van der Waals surface area contributed by atoms with E-state index in [1.165, 1.54) is 0 Å². The number of aliphatic hydroxyl groups is 1. The second-order valence-electron chi connectivity index (χ2n) is 6.77. The highest BCUT2D eigenvalue weighted by atomic mass is 16.5. The largest absolute Gasteiger partial charge is 0.497 e. The Hall–Kier alpha value is -2.27. The standard InChI is InChI=1S/C20H27NO4/c1-13(10-16-6-8-17(24-5)9-7-16)19(22)21-12-20(4,23)18-11-14(2)25-15(18)3/h6-9,11,13,23H,10,12H2,1-5H3,(H,21,22). The summed E-state index contributed by atoms with van der Waals surface area (Å²) in [5.74, 6) is 1.92. The third-order valence-electron chi connectivity index (χ3n) is 4.38. The molecule has 0 radical (unpaired) electrons. The van der Waals surface area contributed by atoms with Crippen LogP contribution in [0.5, 0.6) is 5.75 Å². The molecule has 0 fully saturated rings. The summed E-state index contributed by atoms with van der Waals surface area (Å²) < 4.78 is 10.6. The predicted molar refractivity (Wildman–Crippen MR) is 96.6 cm³/mol. The lowest BCUT2D eigenvalue weighted by Gasteiger charge is -2.24. The maximum atomic E-state index is 12.4. The number of carbonyl (C=O) groups excluding carboxylic acids is 1. The number of benzene rings is 1. The van der Waals surface area contributed by atoms with Crippen molar-refractivity contribution in [1.82, 2.24) is 5.32 Å². The summed E-state index contributed by atoms with van der Waals surface area (Å²) in [4.78, 5) is 12.4. The first-order chi connectivity index (χ1) is 11.7. The van der Waals surface area contributed by atoms with Crippen LogP contribution in [0.4, 0.5) is 0 Å². The van der Waals surface area contributed by atoms with Gasteiger partial charge in [-0.1, -0.05) is 19.1 Å². The van der Waals surface area contributed by atoms with E-state index in [2.05, 4.69) is 5.32 Å². The van der Waals surface area contributed by atoms with Gasteiger partial charge in [-0.3, -0.25) is 4.79 Å². The van der Waals surface area contributed by atoms with Crippen LogP contribution in [0, 0.1) is 19.8 Å². The molecule has 5 heteroatoms. The van der Waals surface area contributed by atoms with Gasteiger partial charge in [-0.2, -0.15) is 0 Å². The third-order valence-corrected chi connectivity index (χ3v) is 4.38. The number of aryl methyl sites for hydroxylation is 2. The molecule has 0 aliphatic heterocycles. The molecule has 2 rings (SSSR count). The monoisotopic (exact) mass is 345 g/mol. The van der Waals surface area contributed by atoms with Crippen molar-refractivity contribution in [1.29, 1.82) is 0 Å². The molecule has 0 aliphatic rings. The van der Waals surface area contributed by atoms with Crippen LogP contribution >= 0.6 is 0 Å². The van der Waals surface area contributed by atoms with Crippen LogP contribution in [0.15, 0.2) is 34.7 Å². The number of nitrogens with one attached hydrogen (secondary N) is 1. The van der Waals surface area contributed by atoms with Crippen molar-refractivity contribution >= 4 is 5.91 Å². The molecule has 0 saturated carbocycles. The molecule has 1 aromatic heterocycles. The maximum Gasteiger partial charge on any atom is 0.223 e. The van der Waals surface area contributed by atoms with Gasteiger partial charge in [-0.15, -0.1) is 0 Å². The van der Waals surface area contributed by atoms with Gasteiger partial charge in [0.1, 0.15) is 22.9 Å². The lowest BCUT2D eigenvalue weighted by Crippen LogP contribution is -2.41. The van der Waals surface area contributed by atoms with Gasteiger partial charge in [0.25, 0.3) is 0 Å². The van der Waals surface area contributed by atoms with E-state index in [0.29, 0.717) is 17.7 Å². The van der Waals surface area contributed by atoms with E-state index < -0.39 is 5.60 Å². The Morgan fingerprint density at radius 2 is 1.96 bits per heavy atom. The average Bonchev–Trinajstić information content (AvgIpc) is 2.92. The second kappa shape index (κ2) is 7.74. The summed E-state index contributed by atoms with van der Waals surface area (Å²) in [6.45, 7) is 7.34. The summed E-state index contributed by atoms with van der Waals surface area (Å²) in [5.41, 5.74) is 0.599. The van der Waals surface area contributed by atoms with Gasteiger partial charge < -0.3 is 19.6 Å². The number of hydrogen-bond donors (Lipinski definition) is 2. The molecular formula is C20H27NO4. The first-order valence-electron chi connectivity index (χ1n) is 8.43. The van der Waals surface area contributed by atoms with Gasteiger partial charge in [-0.25, -0.2) is 0 Å². The topological polar surface area (TPSA) is 71.7 Å². The average molecular weight is 345 g/mol. The molecule has 2 N–H and O–H groups in total. The minimum absolute atomic E-state index is 0.0889. The molecular weight excluding hydrogens is 318 g/mol. The molecule has 1 heterocycles. The smallest absolute Gasteiger partial charge is 0.223 e. The molecule has 1 aromatic carbocycles. The molecule has 5 nitrogen and oxygen atoms in total. The van der Waals surface area contributed by atoms with Crippen LogP contribution in [0.3, 0.4) is 0 Å². The zero-order chi connectivity index (χ0) is 18.6. The zero-order valence-electron chi connectivity index (χ0n) is 15.6. The van der Waals surface area contributed by atoms with Crippen LogP contribution in [-0.4, -0.2) is 24.7 Å². The van der Waals surface area contributed by atoms with Crippen LogP contribution in [0.1, 0.15) is 36.5 Å². The molecule has 2 unspecified atom stereocenters. The number of carbonyl (C=O) groups is 1. The number of amides is 1. The van der Waals surface area contributed by atoms with Crippen molar-refractivity contribution in [2.75, 3.05) is 13.7 Å². The summed E-state index contributed by atoms with van der Waals surface area (Å²) in [5, 5.41) is 13.5. The number of furan rings is 1. The Morgan fingerprint density at radius 1 is 1.32 bits per heavy atom. The van der Waals surface area contributed by atoms with E-state index in [1.54, 1.807) is 14.0 Å². The highest BCUT2D eigenvalue weighted by Gasteiger charge is 2.28. The van der Waals surface area contributed by atoms with Crippen molar-refractivity contribution < 1.29 is 19.1 Å². The first-order valence-corrected chi connectivity index (χ1v) is 8.43. The lowest BCUT2D eigenvalue weighted by atomic mass is 9.95. The normalized spacial score (nSPS) is 14.6. The zero-order valence-corrected chi connectivity index (χ0v) is 15.6. The summed E-state index contributed by atoms with van der Waals surface area (Å²) in [7, 11) is 1.63. The molecule has 2 aromatic rings. The van der Waals surface area contributed by atoms with Gasteiger partial charge in [0, 0.05) is 11.5 Å². The molecule has 0 aliphatic carbocycles. The summed E-state index contributed by atoms with van der Waals surface area (Å²) >= 11 is 0. The minimum atomic E-state index is -1.17. The number of hydrogen-bond acceptors (Lipinski definition) is 4. The third kappa shape index (κ3) is 4.86. The Morgan fingerprint density at radius 3 is 2.48 bits per heavy atom. The van der Waals surface area contributed by atoms with Crippen molar-refractivity contribution in [2.45, 2.75) is 39.7 Å². The van der Waals surface area contributed by atoms with E-state index in [1.807, 2.05) is 51.1 Å². The predicted octanol–water partition coefficient (Wildman–Crippen LogP) is 3.11. The molecule has 25 heavy (non-hydrogen) atoms. The summed E-state index contributed by atoms with van der Waals surface area (Å²) in [6.07, 6.45) is 0.627. The molecule has 0 saturated heterocycles. The highest BCUT2D eigenvalue weighted by Crippen LogP contribution is 2.26. The minimum Gasteiger partial charge on any atom is -0.497 e. The van der Waals surface area contributed by atoms with Crippen molar-refractivity contribution in [3.8, 4) is 5.75 Å². The quantitative estimate of drug-likeness (QED) is 0.809. The van der Waals surface area contributed by atoms with Crippen molar-refractivity contribution in [3.63, 3.8) is 0 Å². The van der Waals surface area contributed by atoms with Crippen LogP contribution in [-0.2, 0) is 16.8 Å². The number of methoxy groups -OCH3 is 1. The van der Waals surface area contributed by atoms with Crippen molar-refractivity contribution in [2.24, 2.45) is 5.92 Å². The van der Waals surface area contributed by atoms with Crippen molar-refractivity contribution in [3.05, 3.63) is 53.0 Å². The van der Waals surface area contributed by atoms with Gasteiger partial charge in [0.15, 0.2) is 0 Å². The number of rotatable bonds is 7. The Bertz CT molecular complexity index is 716. The summed E-state index contributed by atoms with van der Waals surface area (Å²) in [6, 6.07) is 9.48. The van der Waals surface area contributed by atoms with Gasteiger partial charge >= 0.3 is 0 Å². The molecule has 0 spiro atoms. The maximum absolute atomic E-state index is 12.4. The van der Waals surface area contributed by atoms with Crippen LogP contribution in [0.2, 0.25) is 0 Å². The second-order valence-corrected chi connectivity index (χ2v) is 6.77. The van der Waals surface area contributed by atoms with E-state index in [-0.39, 0.29) is 18.4 Å². The Balaban J connectivity index is 1.93. The van der Waals surface area contributed by atoms with E-state index in [9.17, 15) is 9.90 Å². The Kier molecular flexibility index (Phi) is 5.90. The first kappa shape index (κ1) is 19.1. The van der Waals surface area contributed by atoms with E-state index in [0.717, 1.165) is 17.1 Å². The highest BCUT2D eigenvalue weighted by molar-refractivity contribution is 5.78. The molecule has 1 amide bonds. The molecule has 136 valence electrons. The van der Waals surface area contributed by atoms with E-state index in [4.69, 9.17) is 9.15 Å². The van der Waals surface area contributed by atoms with E-state index >= 15 is 0 Å². The van der Waals surface area contributed by atoms with Gasteiger partial charge in [-0.05, 0) is 51.0 Å². The fourth-order valence-corrected chi connectivity index (χ4v) is 2.90. The van der Waals surface area contributed by atoms with Gasteiger partial charge in [0.2, 0.25) is 5.91 Å². The fraction of sp³-hybridized carbons (Fsp3) is 0.450. The van der Waals surface area contributed by atoms with Crippen LogP contribution in [0.25, 0.3) is 0 Å². The van der Waals surface area contributed by atoms with Crippen LogP contribution < -0.4 is 10.1 Å². The lowest BCUT2D eigenvalue weighted by molar-refractivity contribution is -0.125. The number of ether oxygens (including phenoxy) is 1. The Labute approximate surface area is 149 Å². The molecule has 0 bridgehead atoms.